The molecule has 0 aliphatic carbocycles. The van der Waals surface area contributed by atoms with E-state index in [9.17, 15) is 14.4 Å². The van der Waals surface area contributed by atoms with Crippen LogP contribution in [0.25, 0.3) is 0 Å². The Morgan fingerprint density at radius 1 is 1.21 bits per heavy atom. The van der Waals surface area contributed by atoms with Gasteiger partial charge in [-0.2, -0.15) is 0 Å². The summed E-state index contributed by atoms with van der Waals surface area (Å²) in [6, 6.07) is 0. The standard InChI is InChI=1S/C13H21NO5/c1-9(15)6-13(10(16)18-5)7-14(8-13)11(17)19-12(2,3)4/h6-8H2,1-5H3. The van der Waals surface area contributed by atoms with Gasteiger partial charge in [-0.15, -0.1) is 0 Å². The summed E-state index contributed by atoms with van der Waals surface area (Å²) < 4.78 is 9.92. The Labute approximate surface area is 113 Å². The van der Waals surface area contributed by atoms with Crippen molar-refractivity contribution in [2.45, 2.75) is 39.7 Å². The van der Waals surface area contributed by atoms with Crippen molar-refractivity contribution in [1.29, 1.82) is 0 Å². The molecule has 1 fully saturated rings. The third-order valence-corrected chi connectivity index (χ3v) is 2.84. The van der Waals surface area contributed by atoms with Crippen LogP contribution in [0.2, 0.25) is 0 Å². The summed E-state index contributed by atoms with van der Waals surface area (Å²) in [7, 11) is 1.28. The molecule has 0 unspecified atom stereocenters. The molecule has 0 saturated carbocycles. The third kappa shape index (κ3) is 3.68. The Morgan fingerprint density at radius 3 is 2.11 bits per heavy atom. The van der Waals surface area contributed by atoms with Crippen LogP contribution in [0.4, 0.5) is 4.79 Å². The zero-order chi connectivity index (χ0) is 14.8. The third-order valence-electron chi connectivity index (χ3n) is 2.84. The second kappa shape index (κ2) is 5.19. The normalized spacial score (nSPS) is 17.4. The number of Topliss-reactive ketones (excluding diaryl/α,β-unsaturated/α-hetero) is 1. The fourth-order valence-corrected chi connectivity index (χ4v) is 2.15. The van der Waals surface area contributed by atoms with E-state index >= 15 is 0 Å². The molecule has 1 rings (SSSR count). The first-order valence-corrected chi connectivity index (χ1v) is 6.15. The molecule has 0 bridgehead atoms. The van der Waals surface area contributed by atoms with Gasteiger partial charge < -0.3 is 14.4 Å². The molecule has 0 spiro atoms. The van der Waals surface area contributed by atoms with E-state index in [-0.39, 0.29) is 25.3 Å². The van der Waals surface area contributed by atoms with Crippen molar-refractivity contribution >= 4 is 17.8 Å². The molecule has 0 aromatic carbocycles. The first-order chi connectivity index (χ1) is 8.59. The van der Waals surface area contributed by atoms with E-state index in [1.807, 2.05) is 0 Å². The molecule has 6 nitrogen and oxygen atoms in total. The highest BCUT2D eigenvalue weighted by Crippen LogP contribution is 2.36. The van der Waals surface area contributed by atoms with Crippen LogP contribution < -0.4 is 0 Å². The quantitative estimate of drug-likeness (QED) is 0.725. The van der Waals surface area contributed by atoms with Gasteiger partial charge >= 0.3 is 12.1 Å². The van der Waals surface area contributed by atoms with Crippen LogP contribution in [0, 0.1) is 5.41 Å². The molecular formula is C13H21NO5. The van der Waals surface area contributed by atoms with Crippen LogP contribution in [-0.4, -0.2) is 48.5 Å². The predicted octanol–water partition coefficient (Wildman–Crippen LogP) is 1.38. The van der Waals surface area contributed by atoms with Gasteiger partial charge in [0.05, 0.1) is 7.11 Å². The molecule has 1 aliphatic rings. The summed E-state index contributed by atoms with van der Waals surface area (Å²) in [5.74, 6) is -0.559. The monoisotopic (exact) mass is 271 g/mol. The largest absolute Gasteiger partial charge is 0.468 e. The van der Waals surface area contributed by atoms with Gasteiger partial charge in [0.15, 0.2) is 0 Å². The number of amides is 1. The summed E-state index contributed by atoms with van der Waals surface area (Å²) in [6.45, 7) is 7.05. The molecule has 6 heteroatoms. The lowest BCUT2D eigenvalue weighted by Crippen LogP contribution is -2.63. The van der Waals surface area contributed by atoms with E-state index in [0.717, 1.165) is 0 Å². The van der Waals surface area contributed by atoms with Gasteiger partial charge in [-0.25, -0.2) is 4.79 Å². The number of esters is 1. The van der Waals surface area contributed by atoms with Gasteiger partial charge in [-0.3, -0.25) is 9.59 Å². The number of ketones is 1. The summed E-state index contributed by atoms with van der Waals surface area (Å²) in [4.78, 5) is 36.2. The fraction of sp³-hybridized carbons (Fsp3) is 0.769. The second-order valence-electron chi connectivity index (χ2n) is 5.99. The fourth-order valence-electron chi connectivity index (χ4n) is 2.15. The van der Waals surface area contributed by atoms with E-state index in [1.165, 1.54) is 18.9 Å². The van der Waals surface area contributed by atoms with E-state index in [1.54, 1.807) is 20.8 Å². The summed E-state index contributed by atoms with van der Waals surface area (Å²) in [6.07, 6.45) is -0.394. The van der Waals surface area contributed by atoms with Crippen LogP contribution in [0.1, 0.15) is 34.1 Å². The van der Waals surface area contributed by atoms with Gasteiger partial charge in [0, 0.05) is 19.5 Å². The molecule has 1 amide bonds. The second-order valence-corrected chi connectivity index (χ2v) is 5.99. The molecule has 0 radical (unpaired) electrons. The highest BCUT2D eigenvalue weighted by Gasteiger charge is 2.53. The van der Waals surface area contributed by atoms with E-state index in [0.29, 0.717) is 0 Å². The molecule has 0 atom stereocenters. The lowest BCUT2D eigenvalue weighted by molar-refractivity contribution is -0.165. The average Bonchev–Trinajstić information content (AvgIpc) is 2.18. The zero-order valence-corrected chi connectivity index (χ0v) is 12.1. The van der Waals surface area contributed by atoms with Crippen molar-refractivity contribution in [3.63, 3.8) is 0 Å². The Hall–Kier alpha value is -1.59. The van der Waals surface area contributed by atoms with Crippen molar-refractivity contribution < 1.29 is 23.9 Å². The van der Waals surface area contributed by atoms with Crippen LogP contribution >= 0.6 is 0 Å². The van der Waals surface area contributed by atoms with Crippen LogP contribution in [0.15, 0.2) is 0 Å². The van der Waals surface area contributed by atoms with Crippen LogP contribution in [0.5, 0.6) is 0 Å². The Morgan fingerprint density at radius 2 is 1.74 bits per heavy atom. The lowest BCUT2D eigenvalue weighted by Gasteiger charge is -2.47. The summed E-state index contributed by atoms with van der Waals surface area (Å²) in [5.41, 5.74) is -1.49. The first kappa shape index (κ1) is 15.5. The van der Waals surface area contributed by atoms with Crippen LogP contribution in [-0.2, 0) is 19.1 Å². The number of rotatable bonds is 3. The van der Waals surface area contributed by atoms with Gasteiger partial charge in [-0.05, 0) is 27.7 Å². The van der Waals surface area contributed by atoms with E-state index < -0.39 is 23.1 Å². The number of hydrogen-bond acceptors (Lipinski definition) is 5. The Balaban J connectivity index is 2.67. The number of hydrogen-bond donors (Lipinski definition) is 0. The van der Waals surface area contributed by atoms with Gasteiger partial charge in [0.2, 0.25) is 0 Å². The van der Waals surface area contributed by atoms with Crippen molar-refractivity contribution in [2.24, 2.45) is 5.41 Å². The number of carbonyl (C=O) groups excluding carboxylic acids is 3. The van der Waals surface area contributed by atoms with Crippen molar-refractivity contribution in [3.8, 4) is 0 Å². The van der Waals surface area contributed by atoms with Gasteiger partial charge in [-0.1, -0.05) is 0 Å². The molecule has 0 aromatic heterocycles. The van der Waals surface area contributed by atoms with Crippen LogP contribution in [0.3, 0.4) is 0 Å². The van der Waals surface area contributed by atoms with Crippen molar-refractivity contribution in [3.05, 3.63) is 0 Å². The lowest BCUT2D eigenvalue weighted by atomic mass is 9.76. The maximum Gasteiger partial charge on any atom is 0.410 e. The molecule has 0 N–H and O–H groups in total. The predicted molar refractivity (Wildman–Crippen MR) is 67.6 cm³/mol. The first-order valence-electron chi connectivity index (χ1n) is 6.15. The van der Waals surface area contributed by atoms with E-state index in [2.05, 4.69) is 0 Å². The topological polar surface area (TPSA) is 72.9 Å². The molecule has 1 heterocycles. The number of likely N-dealkylation sites (tertiary alicyclic amines) is 1. The number of ether oxygens (including phenoxy) is 2. The summed E-state index contributed by atoms with van der Waals surface area (Å²) in [5, 5.41) is 0. The maximum absolute atomic E-state index is 11.8. The maximum atomic E-state index is 11.8. The molecule has 108 valence electrons. The minimum atomic E-state index is -0.905. The van der Waals surface area contributed by atoms with Crippen molar-refractivity contribution in [2.75, 3.05) is 20.2 Å². The minimum Gasteiger partial charge on any atom is -0.468 e. The minimum absolute atomic E-state index is 0.0823. The molecule has 1 aliphatic heterocycles. The average molecular weight is 271 g/mol. The molecule has 1 saturated heterocycles. The molecule has 19 heavy (non-hydrogen) atoms. The summed E-state index contributed by atoms with van der Waals surface area (Å²) >= 11 is 0. The molecular weight excluding hydrogens is 250 g/mol. The number of carbonyl (C=O) groups is 3. The van der Waals surface area contributed by atoms with Gasteiger partial charge in [0.25, 0.3) is 0 Å². The highest BCUT2D eigenvalue weighted by molar-refractivity contribution is 5.88. The Bertz CT molecular complexity index is 390. The number of methoxy groups -OCH3 is 1. The molecule has 0 aromatic rings. The SMILES string of the molecule is COC(=O)C1(CC(C)=O)CN(C(=O)OC(C)(C)C)C1. The van der Waals surface area contributed by atoms with Crippen molar-refractivity contribution in [1.82, 2.24) is 4.90 Å². The highest BCUT2D eigenvalue weighted by atomic mass is 16.6. The zero-order valence-electron chi connectivity index (χ0n) is 12.1. The van der Waals surface area contributed by atoms with E-state index in [4.69, 9.17) is 9.47 Å². The van der Waals surface area contributed by atoms with Gasteiger partial charge in [0.1, 0.15) is 16.8 Å². The Kier molecular flexibility index (Phi) is 4.22. The smallest absolute Gasteiger partial charge is 0.410 e. The number of nitrogens with zero attached hydrogens (tertiary/aromatic N) is 1.